The van der Waals surface area contributed by atoms with Crippen molar-refractivity contribution in [2.75, 3.05) is 39.7 Å². The highest BCUT2D eigenvalue weighted by Crippen LogP contribution is 2.33. The van der Waals surface area contributed by atoms with E-state index in [9.17, 15) is 4.79 Å². The molecular formula is C43H57NO8Si. The van der Waals surface area contributed by atoms with Gasteiger partial charge in [-0.25, -0.2) is 4.79 Å². The lowest BCUT2D eigenvalue weighted by Gasteiger charge is -2.37. The Balaban J connectivity index is 1.09. The summed E-state index contributed by atoms with van der Waals surface area (Å²) < 4.78 is 35.6. The van der Waals surface area contributed by atoms with Crippen molar-refractivity contribution in [3.63, 3.8) is 0 Å². The smallest absolute Gasteiger partial charge is 0.494 e. The van der Waals surface area contributed by atoms with Crippen molar-refractivity contribution in [1.29, 1.82) is 0 Å². The second-order valence-corrected chi connectivity index (χ2v) is 21.4. The van der Waals surface area contributed by atoms with Crippen molar-refractivity contribution < 1.29 is 38.1 Å². The number of rotatable bonds is 18. The average molecular weight is 744 g/mol. The van der Waals surface area contributed by atoms with Crippen LogP contribution >= 0.6 is 0 Å². The van der Waals surface area contributed by atoms with Gasteiger partial charge in [0.25, 0.3) is 0 Å². The van der Waals surface area contributed by atoms with E-state index >= 15 is 0 Å². The summed E-state index contributed by atoms with van der Waals surface area (Å²) in [6.45, 7) is 16.5. The fraction of sp³-hybridized carbons (Fsp3) is 0.465. The molecule has 0 amide bonds. The molecule has 4 aromatic rings. The van der Waals surface area contributed by atoms with Gasteiger partial charge in [-0.15, -0.1) is 5.06 Å². The van der Waals surface area contributed by atoms with E-state index in [0.29, 0.717) is 39.5 Å². The number of carbonyl (C=O) groups is 1. The van der Waals surface area contributed by atoms with E-state index in [-0.39, 0.29) is 18.8 Å². The van der Waals surface area contributed by atoms with Crippen LogP contribution in [0.25, 0.3) is 10.8 Å². The van der Waals surface area contributed by atoms with Crippen LogP contribution in [-0.2, 0) is 37.0 Å². The first-order valence-electron chi connectivity index (χ1n) is 18.8. The summed E-state index contributed by atoms with van der Waals surface area (Å²) in [6.07, 6.45) is 0.594. The van der Waals surface area contributed by atoms with E-state index in [4.69, 9.17) is 33.3 Å². The number of ether oxygens (including phenoxy) is 6. The van der Waals surface area contributed by atoms with Crippen molar-refractivity contribution in [2.45, 2.75) is 90.1 Å². The molecule has 1 fully saturated rings. The summed E-state index contributed by atoms with van der Waals surface area (Å²) >= 11 is 0. The van der Waals surface area contributed by atoms with Gasteiger partial charge >= 0.3 is 6.16 Å². The zero-order valence-electron chi connectivity index (χ0n) is 32.3. The van der Waals surface area contributed by atoms with E-state index in [1.165, 1.54) is 10.8 Å². The van der Waals surface area contributed by atoms with E-state index in [2.05, 4.69) is 62.1 Å². The molecule has 9 nitrogen and oxygen atoms in total. The molecule has 4 aromatic carbocycles. The minimum atomic E-state index is -1.12. The molecule has 0 saturated carbocycles. The van der Waals surface area contributed by atoms with Crippen LogP contribution in [0.1, 0.15) is 56.2 Å². The number of benzene rings is 4. The Morgan fingerprint density at radius 1 is 0.811 bits per heavy atom. The van der Waals surface area contributed by atoms with Gasteiger partial charge in [-0.2, -0.15) is 0 Å². The molecule has 0 bridgehead atoms. The maximum absolute atomic E-state index is 12.5. The number of fused-ring (bicyclic) bond motifs is 1. The zero-order valence-corrected chi connectivity index (χ0v) is 33.3. The van der Waals surface area contributed by atoms with E-state index < -0.39 is 19.8 Å². The van der Waals surface area contributed by atoms with Gasteiger partial charge in [0.05, 0.1) is 39.1 Å². The molecule has 2 atom stereocenters. The molecule has 2 unspecified atom stereocenters. The molecule has 286 valence electrons. The predicted molar refractivity (Wildman–Crippen MR) is 211 cm³/mol. The molecular weight excluding hydrogens is 687 g/mol. The topological polar surface area (TPSA) is 84.9 Å². The van der Waals surface area contributed by atoms with Gasteiger partial charge in [0, 0.05) is 39.1 Å². The van der Waals surface area contributed by atoms with Gasteiger partial charge in [0.2, 0.25) is 0 Å². The molecule has 1 aliphatic heterocycles. The minimum Gasteiger partial charge on any atom is -0.494 e. The molecule has 0 aliphatic carbocycles. The van der Waals surface area contributed by atoms with E-state index in [1.807, 2.05) is 69.3 Å². The second-order valence-electron chi connectivity index (χ2n) is 15.8. The Labute approximate surface area is 316 Å². The molecule has 5 rings (SSSR count). The second kappa shape index (κ2) is 19.4. The molecule has 0 spiro atoms. The van der Waals surface area contributed by atoms with Crippen LogP contribution in [0.3, 0.4) is 0 Å². The lowest BCUT2D eigenvalue weighted by Crippen LogP contribution is -2.45. The molecule has 0 aromatic heterocycles. The first kappa shape index (κ1) is 40.3. The van der Waals surface area contributed by atoms with Crippen LogP contribution in [0, 0.1) is 0 Å². The highest BCUT2D eigenvalue weighted by molar-refractivity contribution is 6.76. The third-order valence-corrected chi connectivity index (χ3v) is 10.6. The van der Waals surface area contributed by atoms with Crippen LogP contribution in [0.2, 0.25) is 25.7 Å². The first-order chi connectivity index (χ1) is 25.4. The lowest BCUT2D eigenvalue weighted by molar-refractivity contribution is -0.179. The summed E-state index contributed by atoms with van der Waals surface area (Å²) in [5.74, 6) is 1.71. The normalized spacial score (nSPS) is 16.7. The van der Waals surface area contributed by atoms with Crippen molar-refractivity contribution in [3.8, 4) is 11.5 Å². The Morgan fingerprint density at radius 3 is 2.34 bits per heavy atom. The van der Waals surface area contributed by atoms with Crippen molar-refractivity contribution in [3.05, 3.63) is 108 Å². The van der Waals surface area contributed by atoms with Gasteiger partial charge in [-0.1, -0.05) is 86.4 Å². The van der Waals surface area contributed by atoms with E-state index in [0.717, 1.165) is 53.7 Å². The number of hydroxylamine groups is 2. The molecule has 0 N–H and O–H groups in total. The minimum absolute atomic E-state index is 0.111. The first-order valence-corrected chi connectivity index (χ1v) is 22.5. The van der Waals surface area contributed by atoms with Gasteiger partial charge < -0.3 is 33.3 Å². The number of carbonyl (C=O) groups excluding carboxylic acids is 1. The predicted octanol–water partition coefficient (Wildman–Crippen LogP) is 9.76. The molecule has 10 heteroatoms. The maximum atomic E-state index is 12.5. The Morgan fingerprint density at radius 2 is 1.57 bits per heavy atom. The Hall–Kier alpha value is -3.93. The summed E-state index contributed by atoms with van der Waals surface area (Å²) in [4.78, 5) is 18.1. The molecule has 1 heterocycles. The third-order valence-electron chi connectivity index (χ3n) is 8.93. The van der Waals surface area contributed by atoms with E-state index in [1.54, 1.807) is 5.06 Å². The zero-order chi connectivity index (χ0) is 37.7. The molecule has 53 heavy (non-hydrogen) atoms. The standard InChI is InChI=1S/C43H57NO8Si/c1-43(2,3)51-42(45)52-44-23-22-39(41(29-44)49-30-33-16-17-34-12-7-8-13-36(34)28-33)35-18-20-38(21-19-35)48-25-11-24-46-31-37-14-9-10-15-40(37)50-32-47-26-27-53(4,5)6/h7-10,12-21,28,39,41H,11,22-27,29-32H2,1-6H3. The summed E-state index contributed by atoms with van der Waals surface area (Å²) in [7, 11) is -1.12. The van der Waals surface area contributed by atoms with Crippen molar-refractivity contribution in [2.24, 2.45) is 0 Å². The molecule has 0 radical (unpaired) electrons. The molecule has 1 saturated heterocycles. The van der Waals surface area contributed by atoms with Gasteiger partial charge in [-0.05, 0) is 79.4 Å². The summed E-state index contributed by atoms with van der Waals surface area (Å²) in [5.41, 5.74) is 2.61. The van der Waals surface area contributed by atoms with Crippen LogP contribution in [0.4, 0.5) is 4.79 Å². The maximum Gasteiger partial charge on any atom is 0.528 e. The summed E-state index contributed by atoms with van der Waals surface area (Å²) in [6, 6.07) is 32.0. The SMILES string of the molecule is CC(C)(C)OC(=O)ON1CCC(c2ccc(OCCCOCc3ccccc3OCOCC[Si](C)(C)C)cc2)C(OCc2ccc3ccccc3c2)C1. The number of piperidine rings is 1. The van der Waals surface area contributed by atoms with Gasteiger partial charge in [0.15, 0.2) is 6.79 Å². The Kier molecular flexibility index (Phi) is 14.7. The number of para-hydroxylation sites is 1. The van der Waals surface area contributed by atoms with Gasteiger partial charge in [0.1, 0.15) is 17.1 Å². The largest absolute Gasteiger partial charge is 0.528 e. The highest BCUT2D eigenvalue weighted by atomic mass is 28.3. The summed E-state index contributed by atoms with van der Waals surface area (Å²) in [5, 5.41) is 4.03. The number of hydrogen-bond acceptors (Lipinski definition) is 9. The Bertz CT molecular complexity index is 1720. The molecule has 1 aliphatic rings. The van der Waals surface area contributed by atoms with Crippen molar-refractivity contribution >= 4 is 25.0 Å². The van der Waals surface area contributed by atoms with Gasteiger partial charge in [-0.3, -0.25) is 0 Å². The van der Waals surface area contributed by atoms with Crippen LogP contribution in [0.15, 0.2) is 91.0 Å². The van der Waals surface area contributed by atoms with Crippen molar-refractivity contribution in [1.82, 2.24) is 5.06 Å². The fourth-order valence-corrected chi connectivity index (χ4v) is 6.83. The quantitative estimate of drug-likeness (QED) is 0.0428. The van der Waals surface area contributed by atoms with Crippen LogP contribution in [0.5, 0.6) is 11.5 Å². The van der Waals surface area contributed by atoms with Crippen LogP contribution in [-0.4, -0.2) is 70.7 Å². The fourth-order valence-electron chi connectivity index (χ4n) is 6.08. The number of hydrogen-bond donors (Lipinski definition) is 0. The monoisotopic (exact) mass is 743 g/mol. The third kappa shape index (κ3) is 13.8. The highest BCUT2D eigenvalue weighted by Gasteiger charge is 2.34. The van der Waals surface area contributed by atoms with Crippen LogP contribution < -0.4 is 9.47 Å². The average Bonchev–Trinajstić information content (AvgIpc) is 3.11. The lowest BCUT2D eigenvalue weighted by atomic mass is 9.87. The number of nitrogens with zero attached hydrogens (tertiary/aromatic N) is 1.